The standard InChI is InChI=1S/C21H21N5O2S/c1-14-5-7-15(8-6-14)19-25-16(12-27-19)10-23-21(22-2)24-11-17-13-28-20(26-17)18-4-3-9-29-18/h3-9,12-13H,10-11H2,1-2H3,(H2,22,23,24). The van der Waals surface area contributed by atoms with Crippen LogP contribution >= 0.6 is 11.3 Å². The first-order valence-electron chi connectivity index (χ1n) is 9.15. The Morgan fingerprint density at radius 1 is 0.966 bits per heavy atom. The maximum atomic E-state index is 5.59. The second kappa shape index (κ2) is 8.74. The van der Waals surface area contributed by atoms with Crippen molar-refractivity contribution in [3.05, 3.63) is 71.3 Å². The van der Waals surface area contributed by atoms with Gasteiger partial charge in [-0.15, -0.1) is 11.3 Å². The normalized spacial score (nSPS) is 11.6. The van der Waals surface area contributed by atoms with Gasteiger partial charge in [0.15, 0.2) is 5.96 Å². The Morgan fingerprint density at radius 3 is 2.24 bits per heavy atom. The number of aliphatic imine (C=N–C) groups is 1. The summed E-state index contributed by atoms with van der Waals surface area (Å²) < 4.78 is 11.1. The fourth-order valence-electron chi connectivity index (χ4n) is 2.69. The molecule has 0 aliphatic heterocycles. The Labute approximate surface area is 172 Å². The highest BCUT2D eigenvalue weighted by atomic mass is 32.1. The second-order valence-corrected chi connectivity index (χ2v) is 7.36. The fourth-order valence-corrected chi connectivity index (χ4v) is 3.34. The van der Waals surface area contributed by atoms with E-state index >= 15 is 0 Å². The molecule has 4 rings (SSSR count). The number of hydrogen-bond acceptors (Lipinski definition) is 6. The van der Waals surface area contributed by atoms with Crippen molar-refractivity contribution in [2.75, 3.05) is 7.05 Å². The van der Waals surface area contributed by atoms with Crippen molar-refractivity contribution in [1.29, 1.82) is 0 Å². The Balaban J connectivity index is 1.30. The molecule has 0 spiro atoms. The minimum Gasteiger partial charge on any atom is -0.444 e. The average molecular weight is 407 g/mol. The Bertz CT molecular complexity index is 1080. The highest BCUT2D eigenvalue weighted by Crippen LogP contribution is 2.23. The van der Waals surface area contributed by atoms with Crippen LogP contribution in [0.25, 0.3) is 22.2 Å². The zero-order valence-corrected chi connectivity index (χ0v) is 17.0. The summed E-state index contributed by atoms with van der Waals surface area (Å²) in [6, 6.07) is 12.0. The molecule has 0 aliphatic carbocycles. The van der Waals surface area contributed by atoms with Crippen LogP contribution in [-0.4, -0.2) is 23.0 Å². The van der Waals surface area contributed by atoms with Crippen LogP contribution in [-0.2, 0) is 13.1 Å². The molecule has 0 saturated heterocycles. The quantitative estimate of drug-likeness (QED) is 0.367. The number of hydrogen-bond donors (Lipinski definition) is 2. The lowest BCUT2D eigenvalue weighted by molar-refractivity contribution is 0.572. The smallest absolute Gasteiger partial charge is 0.236 e. The van der Waals surface area contributed by atoms with Crippen molar-refractivity contribution in [3.63, 3.8) is 0 Å². The van der Waals surface area contributed by atoms with Crippen molar-refractivity contribution in [2.45, 2.75) is 20.0 Å². The van der Waals surface area contributed by atoms with Crippen LogP contribution < -0.4 is 10.6 Å². The fraction of sp³-hybridized carbons (Fsp3) is 0.190. The summed E-state index contributed by atoms with van der Waals surface area (Å²) in [5, 5.41) is 8.44. The number of oxazole rings is 2. The van der Waals surface area contributed by atoms with Gasteiger partial charge in [0.1, 0.15) is 12.5 Å². The summed E-state index contributed by atoms with van der Waals surface area (Å²) in [5.41, 5.74) is 3.76. The number of thiophene rings is 1. The lowest BCUT2D eigenvalue weighted by atomic mass is 10.1. The van der Waals surface area contributed by atoms with Crippen LogP contribution in [0.15, 0.2) is 68.1 Å². The number of nitrogens with one attached hydrogen (secondary N) is 2. The van der Waals surface area contributed by atoms with E-state index in [9.17, 15) is 0 Å². The van der Waals surface area contributed by atoms with Gasteiger partial charge in [0.25, 0.3) is 0 Å². The molecular formula is C21H21N5O2S. The third-order valence-corrected chi connectivity index (χ3v) is 5.09. The predicted octanol–water partition coefficient (Wildman–Crippen LogP) is 4.23. The number of aromatic nitrogens is 2. The number of aryl methyl sites for hydroxylation is 1. The van der Waals surface area contributed by atoms with Gasteiger partial charge in [0.2, 0.25) is 11.8 Å². The first-order valence-corrected chi connectivity index (χ1v) is 10.0. The average Bonchev–Trinajstić information content (AvgIpc) is 3.50. The molecule has 2 N–H and O–H groups in total. The van der Waals surface area contributed by atoms with Crippen molar-refractivity contribution in [3.8, 4) is 22.2 Å². The number of benzene rings is 1. The first-order chi connectivity index (χ1) is 14.2. The van der Waals surface area contributed by atoms with E-state index in [-0.39, 0.29) is 0 Å². The van der Waals surface area contributed by atoms with Crippen LogP contribution in [0.4, 0.5) is 0 Å². The molecular weight excluding hydrogens is 386 g/mol. The van der Waals surface area contributed by atoms with E-state index in [1.54, 1.807) is 30.9 Å². The number of guanidine groups is 1. The van der Waals surface area contributed by atoms with Crippen LogP contribution in [0.5, 0.6) is 0 Å². The molecule has 0 aliphatic rings. The van der Waals surface area contributed by atoms with Crippen molar-refractivity contribution in [1.82, 2.24) is 20.6 Å². The summed E-state index contributed by atoms with van der Waals surface area (Å²) in [6.45, 7) is 3.05. The molecule has 7 nitrogen and oxygen atoms in total. The van der Waals surface area contributed by atoms with Crippen molar-refractivity contribution in [2.24, 2.45) is 4.99 Å². The molecule has 4 aromatic rings. The van der Waals surface area contributed by atoms with E-state index in [4.69, 9.17) is 8.83 Å². The summed E-state index contributed by atoms with van der Waals surface area (Å²) >= 11 is 1.60. The third-order valence-electron chi connectivity index (χ3n) is 4.23. The van der Waals surface area contributed by atoms with Gasteiger partial charge in [-0.25, -0.2) is 9.97 Å². The minimum absolute atomic E-state index is 0.494. The molecule has 0 atom stereocenters. The topological polar surface area (TPSA) is 88.5 Å². The van der Waals surface area contributed by atoms with Crippen LogP contribution in [0.2, 0.25) is 0 Å². The highest BCUT2D eigenvalue weighted by Gasteiger charge is 2.09. The zero-order chi connectivity index (χ0) is 20.1. The summed E-state index contributed by atoms with van der Waals surface area (Å²) in [5.74, 6) is 1.88. The van der Waals surface area contributed by atoms with Crippen LogP contribution in [0, 0.1) is 6.92 Å². The maximum Gasteiger partial charge on any atom is 0.236 e. The predicted molar refractivity (Wildman–Crippen MR) is 114 cm³/mol. The molecule has 0 radical (unpaired) electrons. The van der Waals surface area contributed by atoms with E-state index in [2.05, 4.69) is 32.5 Å². The largest absolute Gasteiger partial charge is 0.444 e. The number of rotatable bonds is 6. The molecule has 0 fully saturated rings. The van der Waals surface area contributed by atoms with Crippen molar-refractivity contribution < 1.29 is 8.83 Å². The van der Waals surface area contributed by atoms with Gasteiger partial charge in [-0.3, -0.25) is 4.99 Å². The van der Waals surface area contributed by atoms with Crippen LogP contribution in [0.3, 0.4) is 0 Å². The Morgan fingerprint density at radius 2 is 1.62 bits per heavy atom. The lowest BCUT2D eigenvalue weighted by Crippen LogP contribution is -2.36. The van der Waals surface area contributed by atoms with Gasteiger partial charge in [0.05, 0.1) is 29.4 Å². The van der Waals surface area contributed by atoms with Crippen molar-refractivity contribution >= 4 is 17.3 Å². The molecule has 148 valence electrons. The molecule has 3 aromatic heterocycles. The Kier molecular flexibility index (Phi) is 5.71. The van der Waals surface area contributed by atoms with Gasteiger partial charge in [-0.1, -0.05) is 23.8 Å². The molecule has 1 aromatic carbocycles. The molecule has 3 heterocycles. The maximum absolute atomic E-state index is 5.59. The van der Waals surface area contributed by atoms with Gasteiger partial charge in [0, 0.05) is 12.6 Å². The zero-order valence-electron chi connectivity index (χ0n) is 16.2. The molecule has 0 amide bonds. The van der Waals surface area contributed by atoms with E-state index in [1.165, 1.54) is 5.56 Å². The molecule has 0 unspecified atom stereocenters. The van der Waals surface area contributed by atoms with Gasteiger partial charge in [-0.05, 0) is 30.5 Å². The Hall–Kier alpha value is -3.39. The molecule has 29 heavy (non-hydrogen) atoms. The third kappa shape index (κ3) is 4.72. The monoisotopic (exact) mass is 407 g/mol. The summed E-state index contributed by atoms with van der Waals surface area (Å²) in [7, 11) is 1.72. The molecule has 8 heteroatoms. The SMILES string of the molecule is CN=C(NCc1coc(-c2ccc(C)cc2)n1)NCc1coc(-c2cccs2)n1. The van der Waals surface area contributed by atoms with Gasteiger partial charge in [-0.2, -0.15) is 0 Å². The van der Waals surface area contributed by atoms with E-state index in [0.29, 0.717) is 30.8 Å². The van der Waals surface area contributed by atoms with Gasteiger partial charge < -0.3 is 19.5 Å². The minimum atomic E-state index is 0.494. The molecule has 0 bridgehead atoms. The summed E-state index contributed by atoms with van der Waals surface area (Å²) in [6.07, 6.45) is 3.31. The number of nitrogens with zero attached hydrogens (tertiary/aromatic N) is 3. The second-order valence-electron chi connectivity index (χ2n) is 6.41. The summed E-state index contributed by atoms with van der Waals surface area (Å²) in [4.78, 5) is 14.3. The van der Waals surface area contributed by atoms with E-state index in [1.807, 2.05) is 41.8 Å². The molecule has 0 saturated carbocycles. The highest BCUT2D eigenvalue weighted by molar-refractivity contribution is 7.13. The lowest BCUT2D eigenvalue weighted by Gasteiger charge is -2.09. The van der Waals surface area contributed by atoms with E-state index in [0.717, 1.165) is 21.8 Å². The first kappa shape index (κ1) is 18.9. The van der Waals surface area contributed by atoms with Crippen LogP contribution in [0.1, 0.15) is 17.0 Å². The van der Waals surface area contributed by atoms with E-state index < -0.39 is 0 Å². The van der Waals surface area contributed by atoms with Gasteiger partial charge >= 0.3 is 0 Å².